The third kappa shape index (κ3) is 3.84. The fourth-order valence-corrected chi connectivity index (χ4v) is 2.38. The molecule has 1 amide bonds. The molecule has 7 heteroatoms. The van der Waals surface area contributed by atoms with E-state index in [0.717, 1.165) is 31.4 Å². The zero-order valence-corrected chi connectivity index (χ0v) is 12.7. The standard InChI is InChI=1S/C17H16F3N3O/c18-17(19,20)12-5-2-6-13(9-12)22-14-7-8-15(21-10-14)23-16(24)11-3-1-4-11/h2,5-11,22H,1,3-4H2,(H,21,23,24). The highest BCUT2D eigenvalue weighted by molar-refractivity contribution is 5.92. The van der Waals surface area contributed by atoms with Crippen LogP contribution in [0.1, 0.15) is 24.8 Å². The zero-order valence-electron chi connectivity index (χ0n) is 12.7. The number of nitrogens with zero attached hydrogens (tertiary/aromatic N) is 1. The van der Waals surface area contributed by atoms with Crippen molar-refractivity contribution in [2.24, 2.45) is 5.92 Å². The summed E-state index contributed by atoms with van der Waals surface area (Å²) < 4.78 is 38.1. The van der Waals surface area contributed by atoms with E-state index in [1.54, 1.807) is 18.2 Å². The van der Waals surface area contributed by atoms with Crippen LogP contribution in [0.15, 0.2) is 42.6 Å². The van der Waals surface area contributed by atoms with E-state index in [1.165, 1.54) is 12.3 Å². The minimum atomic E-state index is -4.38. The highest BCUT2D eigenvalue weighted by atomic mass is 19.4. The fraction of sp³-hybridized carbons (Fsp3) is 0.294. The Morgan fingerprint density at radius 2 is 1.92 bits per heavy atom. The molecular formula is C17H16F3N3O. The Morgan fingerprint density at radius 3 is 2.50 bits per heavy atom. The second-order valence-corrected chi connectivity index (χ2v) is 5.75. The average molecular weight is 335 g/mol. The Bertz CT molecular complexity index is 725. The number of hydrogen-bond donors (Lipinski definition) is 2. The molecule has 1 aromatic heterocycles. The van der Waals surface area contributed by atoms with Crippen LogP contribution in [0.25, 0.3) is 0 Å². The van der Waals surface area contributed by atoms with Crippen molar-refractivity contribution in [2.75, 3.05) is 10.6 Å². The van der Waals surface area contributed by atoms with Crippen molar-refractivity contribution in [3.8, 4) is 0 Å². The fourth-order valence-electron chi connectivity index (χ4n) is 2.38. The molecule has 3 rings (SSSR count). The SMILES string of the molecule is O=C(Nc1ccc(Nc2cccc(C(F)(F)F)c2)cn1)C1CCC1. The lowest BCUT2D eigenvalue weighted by Crippen LogP contribution is -2.28. The molecule has 0 unspecified atom stereocenters. The van der Waals surface area contributed by atoms with Gasteiger partial charge in [-0.25, -0.2) is 4.98 Å². The molecule has 0 saturated heterocycles. The molecule has 2 aromatic rings. The summed E-state index contributed by atoms with van der Waals surface area (Å²) >= 11 is 0. The van der Waals surface area contributed by atoms with Crippen LogP contribution in [0.4, 0.5) is 30.4 Å². The van der Waals surface area contributed by atoms with Crippen LogP contribution >= 0.6 is 0 Å². The Balaban J connectivity index is 1.65. The van der Waals surface area contributed by atoms with Gasteiger partial charge in [0.25, 0.3) is 0 Å². The van der Waals surface area contributed by atoms with Gasteiger partial charge < -0.3 is 10.6 Å². The summed E-state index contributed by atoms with van der Waals surface area (Å²) in [6.45, 7) is 0. The highest BCUT2D eigenvalue weighted by Crippen LogP contribution is 2.31. The van der Waals surface area contributed by atoms with Crippen LogP contribution < -0.4 is 10.6 Å². The number of pyridine rings is 1. The van der Waals surface area contributed by atoms with E-state index in [0.29, 0.717) is 17.2 Å². The molecule has 0 atom stereocenters. The first-order valence-corrected chi connectivity index (χ1v) is 7.63. The molecule has 0 aliphatic heterocycles. The topological polar surface area (TPSA) is 54.0 Å². The van der Waals surface area contributed by atoms with E-state index >= 15 is 0 Å². The summed E-state index contributed by atoms with van der Waals surface area (Å²) in [6, 6.07) is 8.21. The minimum Gasteiger partial charge on any atom is -0.354 e. The van der Waals surface area contributed by atoms with Crippen molar-refractivity contribution in [1.29, 1.82) is 0 Å². The van der Waals surface area contributed by atoms with Gasteiger partial charge in [-0.05, 0) is 43.2 Å². The van der Waals surface area contributed by atoms with E-state index in [-0.39, 0.29) is 11.8 Å². The van der Waals surface area contributed by atoms with Gasteiger partial charge in [0.2, 0.25) is 5.91 Å². The van der Waals surface area contributed by atoms with Crippen molar-refractivity contribution in [3.63, 3.8) is 0 Å². The molecule has 1 aliphatic carbocycles. The number of hydrogen-bond acceptors (Lipinski definition) is 3. The third-order valence-electron chi connectivity index (χ3n) is 3.97. The Kier molecular flexibility index (Phi) is 4.42. The summed E-state index contributed by atoms with van der Waals surface area (Å²) in [4.78, 5) is 15.9. The predicted molar refractivity (Wildman–Crippen MR) is 84.9 cm³/mol. The van der Waals surface area contributed by atoms with Gasteiger partial charge in [-0.1, -0.05) is 12.5 Å². The van der Waals surface area contributed by atoms with Crippen LogP contribution in [0.2, 0.25) is 0 Å². The zero-order chi connectivity index (χ0) is 17.2. The largest absolute Gasteiger partial charge is 0.416 e. The number of nitrogens with one attached hydrogen (secondary N) is 2. The number of carbonyl (C=O) groups is 1. The maximum Gasteiger partial charge on any atom is 0.416 e. The van der Waals surface area contributed by atoms with Gasteiger partial charge in [-0.3, -0.25) is 4.79 Å². The van der Waals surface area contributed by atoms with Crippen molar-refractivity contribution >= 4 is 23.1 Å². The summed E-state index contributed by atoms with van der Waals surface area (Å²) in [5.74, 6) is 0.462. The molecule has 0 radical (unpaired) electrons. The van der Waals surface area contributed by atoms with Crippen molar-refractivity contribution in [2.45, 2.75) is 25.4 Å². The van der Waals surface area contributed by atoms with Crippen LogP contribution in [0.3, 0.4) is 0 Å². The summed E-state index contributed by atoms with van der Waals surface area (Å²) in [6.07, 6.45) is -0.0321. The number of amides is 1. The molecule has 126 valence electrons. The number of aromatic nitrogens is 1. The van der Waals surface area contributed by atoms with Gasteiger partial charge in [0.15, 0.2) is 0 Å². The number of benzene rings is 1. The van der Waals surface area contributed by atoms with Crippen molar-refractivity contribution < 1.29 is 18.0 Å². The van der Waals surface area contributed by atoms with Crippen molar-refractivity contribution in [1.82, 2.24) is 4.98 Å². The molecule has 1 aromatic carbocycles. The first-order chi connectivity index (χ1) is 11.4. The lowest BCUT2D eigenvalue weighted by molar-refractivity contribution is -0.137. The van der Waals surface area contributed by atoms with Gasteiger partial charge in [0.1, 0.15) is 5.82 Å². The number of carbonyl (C=O) groups excluding carboxylic acids is 1. The van der Waals surface area contributed by atoms with Crippen LogP contribution in [-0.4, -0.2) is 10.9 Å². The lowest BCUT2D eigenvalue weighted by Gasteiger charge is -2.23. The van der Waals surface area contributed by atoms with Crippen LogP contribution in [-0.2, 0) is 11.0 Å². The van der Waals surface area contributed by atoms with Crippen LogP contribution in [0.5, 0.6) is 0 Å². The summed E-state index contributed by atoms with van der Waals surface area (Å²) in [5, 5.41) is 5.60. The smallest absolute Gasteiger partial charge is 0.354 e. The number of rotatable bonds is 4. The van der Waals surface area contributed by atoms with Gasteiger partial charge in [-0.2, -0.15) is 13.2 Å². The second kappa shape index (κ2) is 6.51. The van der Waals surface area contributed by atoms with Crippen molar-refractivity contribution in [3.05, 3.63) is 48.2 Å². The minimum absolute atomic E-state index is 0.0349. The first kappa shape index (κ1) is 16.3. The molecule has 0 spiro atoms. The van der Waals surface area contributed by atoms with E-state index in [4.69, 9.17) is 0 Å². The van der Waals surface area contributed by atoms with E-state index in [9.17, 15) is 18.0 Å². The Hall–Kier alpha value is -2.57. The molecular weight excluding hydrogens is 319 g/mol. The second-order valence-electron chi connectivity index (χ2n) is 5.75. The lowest BCUT2D eigenvalue weighted by atomic mass is 9.85. The molecule has 2 N–H and O–H groups in total. The molecule has 1 fully saturated rings. The molecule has 1 aliphatic rings. The van der Waals surface area contributed by atoms with E-state index in [2.05, 4.69) is 15.6 Å². The Morgan fingerprint density at radius 1 is 1.12 bits per heavy atom. The van der Waals surface area contributed by atoms with E-state index < -0.39 is 11.7 Å². The van der Waals surface area contributed by atoms with Gasteiger partial charge in [0, 0.05) is 11.6 Å². The van der Waals surface area contributed by atoms with Gasteiger partial charge >= 0.3 is 6.18 Å². The quantitative estimate of drug-likeness (QED) is 0.860. The maximum absolute atomic E-state index is 12.7. The summed E-state index contributed by atoms with van der Waals surface area (Å²) in [5.41, 5.74) is 0.138. The molecule has 4 nitrogen and oxygen atoms in total. The monoisotopic (exact) mass is 335 g/mol. The normalized spacial score (nSPS) is 14.8. The number of anilines is 3. The molecule has 1 saturated carbocycles. The molecule has 24 heavy (non-hydrogen) atoms. The van der Waals surface area contributed by atoms with E-state index in [1.807, 2.05) is 0 Å². The van der Waals surface area contributed by atoms with Gasteiger partial charge in [-0.15, -0.1) is 0 Å². The number of halogens is 3. The molecule has 0 bridgehead atoms. The predicted octanol–water partition coefficient (Wildman–Crippen LogP) is 4.58. The van der Waals surface area contributed by atoms with Gasteiger partial charge in [0.05, 0.1) is 17.4 Å². The third-order valence-corrected chi connectivity index (χ3v) is 3.97. The molecule has 1 heterocycles. The Labute approximate surface area is 137 Å². The maximum atomic E-state index is 12.7. The number of alkyl halides is 3. The van der Waals surface area contributed by atoms with Crippen LogP contribution in [0, 0.1) is 5.92 Å². The average Bonchev–Trinajstić information content (AvgIpc) is 2.47. The highest BCUT2D eigenvalue weighted by Gasteiger charge is 2.30. The first-order valence-electron chi connectivity index (χ1n) is 7.63. The summed E-state index contributed by atoms with van der Waals surface area (Å²) in [7, 11) is 0.